The van der Waals surface area contributed by atoms with E-state index in [0.717, 1.165) is 44.0 Å². The third kappa shape index (κ3) is 3.48. The second-order valence-corrected chi connectivity index (χ2v) is 10.6. The highest BCUT2D eigenvalue weighted by Gasteiger charge is 2.73. The molecule has 1 aliphatic carbocycles. The first kappa shape index (κ1) is 22.3. The van der Waals surface area contributed by atoms with Gasteiger partial charge < -0.3 is 10.0 Å². The van der Waals surface area contributed by atoms with E-state index in [1.54, 1.807) is 0 Å². The van der Waals surface area contributed by atoms with Crippen molar-refractivity contribution < 1.29 is 5.11 Å². The summed E-state index contributed by atoms with van der Waals surface area (Å²) >= 11 is 0. The number of piperazine rings is 1. The Morgan fingerprint density at radius 3 is 2.13 bits per heavy atom. The lowest BCUT2D eigenvalue weighted by atomic mass is 9.39. The maximum atomic E-state index is 12.1. The maximum absolute atomic E-state index is 12.1. The molecule has 2 fully saturated rings. The van der Waals surface area contributed by atoms with Gasteiger partial charge >= 0.3 is 0 Å². The van der Waals surface area contributed by atoms with Crippen LogP contribution in [0.25, 0.3) is 0 Å². The molecular formula is C27H39N3O. The molecule has 2 aromatic rings. The lowest BCUT2D eigenvalue weighted by Crippen LogP contribution is -2.79. The van der Waals surface area contributed by atoms with Gasteiger partial charge in [0.05, 0.1) is 0 Å². The van der Waals surface area contributed by atoms with Crippen LogP contribution in [0, 0.1) is 10.8 Å². The second kappa shape index (κ2) is 8.22. The average Bonchev–Trinajstić information content (AvgIpc) is 2.78. The Morgan fingerprint density at radius 2 is 1.58 bits per heavy atom. The highest BCUT2D eigenvalue weighted by atomic mass is 16.3. The topological polar surface area (TPSA) is 39.6 Å². The SMILES string of the molecule is CCCCc1ccc(C2(O)C(C)(C)C(N3CCN(c4ccccn4)CC3)C2(C)C)cc1. The number of benzene rings is 1. The molecule has 2 heterocycles. The third-order valence-electron chi connectivity index (χ3n) is 8.08. The van der Waals surface area contributed by atoms with Gasteiger partial charge in [0, 0.05) is 49.2 Å². The monoisotopic (exact) mass is 421 g/mol. The van der Waals surface area contributed by atoms with E-state index in [0.29, 0.717) is 6.04 Å². The van der Waals surface area contributed by atoms with Crippen LogP contribution in [0.15, 0.2) is 48.7 Å². The average molecular weight is 422 g/mol. The van der Waals surface area contributed by atoms with Gasteiger partial charge in [-0.3, -0.25) is 4.90 Å². The molecule has 4 rings (SSSR count). The van der Waals surface area contributed by atoms with Crippen LogP contribution in [-0.4, -0.2) is 47.2 Å². The van der Waals surface area contributed by atoms with E-state index in [4.69, 9.17) is 0 Å². The Bertz CT molecular complexity index is 851. The van der Waals surface area contributed by atoms with E-state index in [1.165, 1.54) is 18.4 Å². The summed E-state index contributed by atoms with van der Waals surface area (Å²) in [6, 6.07) is 15.2. The molecule has 1 saturated carbocycles. The summed E-state index contributed by atoms with van der Waals surface area (Å²) in [5, 5.41) is 12.1. The Hall–Kier alpha value is -1.91. The van der Waals surface area contributed by atoms with Gasteiger partial charge in [0.15, 0.2) is 0 Å². The predicted octanol–water partition coefficient (Wildman–Crippen LogP) is 4.87. The fourth-order valence-electron chi connectivity index (χ4n) is 6.75. The molecule has 1 aromatic heterocycles. The van der Waals surface area contributed by atoms with Crippen LogP contribution in [0.2, 0.25) is 0 Å². The number of aliphatic hydroxyl groups is 1. The van der Waals surface area contributed by atoms with Crippen molar-refractivity contribution in [3.05, 3.63) is 59.8 Å². The molecule has 31 heavy (non-hydrogen) atoms. The lowest BCUT2D eigenvalue weighted by Gasteiger charge is -2.72. The van der Waals surface area contributed by atoms with Crippen molar-refractivity contribution in [1.82, 2.24) is 9.88 Å². The fourth-order valence-corrected chi connectivity index (χ4v) is 6.75. The number of hydrogen-bond donors (Lipinski definition) is 1. The van der Waals surface area contributed by atoms with E-state index in [1.807, 2.05) is 12.3 Å². The summed E-state index contributed by atoms with van der Waals surface area (Å²) in [7, 11) is 0. The molecule has 1 saturated heterocycles. The van der Waals surface area contributed by atoms with Crippen LogP contribution in [0.1, 0.15) is 58.6 Å². The fraction of sp³-hybridized carbons (Fsp3) is 0.593. The third-order valence-corrected chi connectivity index (χ3v) is 8.08. The zero-order valence-electron chi connectivity index (χ0n) is 19.9. The maximum Gasteiger partial charge on any atom is 0.128 e. The van der Waals surface area contributed by atoms with Crippen LogP contribution in [0.3, 0.4) is 0 Å². The largest absolute Gasteiger partial charge is 0.384 e. The van der Waals surface area contributed by atoms with Crippen LogP contribution >= 0.6 is 0 Å². The zero-order valence-corrected chi connectivity index (χ0v) is 19.9. The van der Waals surface area contributed by atoms with Crippen molar-refractivity contribution in [2.45, 2.75) is 65.5 Å². The van der Waals surface area contributed by atoms with E-state index in [-0.39, 0.29) is 10.8 Å². The van der Waals surface area contributed by atoms with Crippen LogP contribution < -0.4 is 4.90 Å². The van der Waals surface area contributed by atoms with Gasteiger partial charge in [-0.05, 0) is 36.1 Å². The van der Waals surface area contributed by atoms with Gasteiger partial charge in [0.2, 0.25) is 0 Å². The Balaban J connectivity index is 1.50. The normalized spacial score (nSPS) is 27.7. The van der Waals surface area contributed by atoms with Gasteiger partial charge in [0.1, 0.15) is 11.4 Å². The molecule has 0 unspecified atom stereocenters. The molecule has 0 spiro atoms. The molecule has 2 aliphatic rings. The number of aromatic nitrogens is 1. The summed E-state index contributed by atoms with van der Waals surface area (Å²) in [5.41, 5.74) is 1.13. The second-order valence-electron chi connectivity index (χ2n) is 10.6. The first-order valence-electron chi connectivity index (χ1n) is 12.0. The Morgan fingerprint density at radius 1 is 0.935 bits per heavy atom. The Labute approximate surface area is 188 Å². The first-order valence-corrected chi connectivity index (χ1v) is 12.0. The molecule has 0 bridgehead atoms. The van der Waals surface area contributed by atoms with Gasteiger partial charge in [0.25, 0.3) is 0 Å². The quantitative estimate of drug-likeness (QED) is 0.722. The number of anilines is 1. The number of hydrogen-bond acceptors (Lipinski definition) is 4. The minimum atomic E-state index is -0.841. The number of pyridine rings is 1. The van der Waals surface area contributed by atoms with Crippen LogP contribution in [-0.2, 0) is 12.0 Å². The van der Waals surface area contributed by atoms with E-state index < -0.39 is 5.60 Å². The number of nitrogens with zero attached hydrogens (tertiary/aromatic N) is 3. The summed E-state index contributed by atoms with van der Waals surface area (Å²) in [6.45, 7) is 15.2. The molecule has 0 amide bonds. The summed E-state index contributed by atoms with van der Waals surface area (Å²) in [4.78, 5) is 9.49. The van der Waals surface area contributed by atoms with Crippen molar-refractivity contribution in [1.29, 1.82) is 0 Å². The van der Waals surface area contributed by atoms with Crippen molar-refractivity contribution in [2.75, 3.05) is 31.1 Å². The number of aryl methyl sites for hydroxylation is 1. The summed E-state index contributed by atoms with van der Waals surface area (Å²) in [6.07, 6.45) is 5.41. The molecule has 0 radical (unpaired) electrons. The molecule has 168 valence electrons. The van der Waals surface area contributed by atoms with E-state index >= 15 is 0 Å². The van der Waals surface area contributed by atoms with E-state index in [9.17, 15) is 5.11 Å². The molecule has 4 nitrogen and oxygen atoms in total. The summed E-state index contributed by atoms with van der Waals surface area (Å²) < 4.78 is 0. The van der Waals surface area contributed by atoms with Crippen molar-refractivity contribution >= 4 is 5.82 Å². The highest BCUT2D eigenvalue weighted by Crippen LogP contribution is 2.68. The molecular weight excluding hydrogens is 382 g/mol. The molecule has 0 atom stereocenters. The molecule has 1 aromatic carbocycles. The smallest absolute Gasteiger partial charge is 0.128 e. The van der Waals surface area contributed by atoms with Gasteiger partial charge in [-0.15, -0.1) is 0 Å². The lowest BCUT2D eigenvalue weighted by molar-refractivity contribution is -0.307. The first-order chi connectivity index (χ1) is 14.7. The van der Waals surface area contributed by atoms with Gasteiger partial charge in [-0.2, -0.15) is 0 Å². The Kier molecular flexibility index (Phi) is 5.91. The highest BCUT2D eigenvalue weighted by molar-refractivity contribution is 5.40. The molecule has 1 N–H and O–H groups in total. The standard InChI is InChI=1S/C27H39N3O/c1-6-7-10-21-12-14-22(15-13-21)27(31)25(2,3)24(26(27,4)5)30-19-17-29(18-20-30)23-11-8-9-16-28-23/h8-9,11-16,24,31H,6-7,10,17-20H2,1-5H3. The van der Waals surface area contributed by atoms with Gasteiger partial charge in [-0.1, -0.05) is 71.4 Å². The van der Waals surface area contributed by atoms with Crippen LogP contribution in [0.4, 0.5) is 5.82 Å². The predicted molar refractivity (Wildman–Crippen MR) is 128 cm³/mol. The summed E-state index contributed by atoms with van der Waals surface area (Å²) in [5.74, 6) is 1.06. The number of unbranched alkanes of at least 4 members (excludes halogenated alkanes) is 1. The zero-order chi connectivity index (χ0) is 22.3. The van der Waals surface area contributed by atoms with E-state index in [2.05, 4.69) is 85.8 Å². The van der Waals surface area contributed by atoms with Gasteiger partial charge in [-0.25, -0.2) is 4.98 Å². The minimum absolute atomic E-state index is 0.228. The van der Waals surface area contributed by atoms with Crippen molar-refractivity contribution in [3.63, 3.8) is 0 Å². The molecule has 1 aliphatic heterocycles. The van der Waals surface area contributed by atoms with Crippen molar-refractivity contribution in [2.24, 2.45) is 10.8 Å². The van der Waals surface area contributed by atoms with Crippen molar-refractivity contribution in [3.8, 4) is 0 Å². The number of rotatable bonds is 6. The minimum Gasteiger partial charge on any atom is -0.384 e. The van der Waals surface area contributed by atoms with Crippen LogP contribution in [0.5, 0.6) is 0 Å². The molecule has 4 heteroatoms.